The fraction of sp³-hybridized carbons (Fsp3) is 0.571. The van der Waals surface area contributed by atoms with Crippen LogP contribution in [0.25, 0.3) is 10.8 Å². The predicted octanol–water partition coefficient (Wildman–Crippen LogP) is 2.35. The molecule has 2 aliphatic heterocycles. The molecule has 4 aliphatic rings. The number of aromatic nitrogens is 1. The Labute approximate surface area is 296 Å². The summed E-state index contributed by atoms with van der Waals surface area (Å²) >= 11 is 0. The van der Waals surface area contributed by atoms with E-state index in [9.17, 15) is 32.7 Å². The maximum Gasteiger partial charge on any atom is 0.405 e. The fourth-order valence-electron chi connectivity index (χ4n) is 7.33. The van der Waals surface area contributed by atoms with Crippen LogP contribution in [0.2, 0.25) is 0 Å². The number of carbonyl (C=O) groups is 4. The molecular weight excluding hydrogens is 682 g/mol. The molecule has 276 valence electrons. The van der Waals surface area contributed by atoms with E-state index in [0.29, 0.717) is 43.2 Å². The van der Waals surface area contributed by atoms with Crippen LogP contribution in [0, 0.1) is 17.8 Å². The number of hydrogen-bond donors (Lipinski definition) is 4. The van der Waals surface area contributed by atoms with Crippen molar-refractivity contribution in [1.82, 2.24) is 25.2 Å². The number of amides is 4. The fourth-order valence-corrected chi connectivity index (χ4v) is 8.70. The molecule has 0 spiro atoms. The molecule has 6 rings (SSSR count). The van der Waals surface area contributed by atoms with Crippen molar-refractivity contribution in [2.75, 3.05) is 27.4 Å². The van der Waals surface area contributed by atoms with E-state index in [4.69, 9.17) is 14.2 Å². The first-order valence-corrected chi connectivity index (χ1v) is 18.8. The zero-order chi connectivity index (χ0) is 36.5. The molecule has 3 fully saturated rings. The lowest BCUT2D eigenvalue weighted by atomic mass is 9.87. The summed E-state index contributed by atoms with van der Waals surface area (Å²) in [7, 11) is -0.869. The van der Waals surface area contributed by atoms with Crippen LogP contribution < -0.4 is 24.8 Å². The number of nitrogens with one attached hydrogen (secondary N) is 3. The molecule has 4 amide bonds. The minimum Gasteiger partial charge on any atom is -0.497 e. The number of benzene rings is 1. The topological polar surface area (TPSA) is 203 Å². The van der Waals surface area contributed by atoms with E-state index in [1.807, 2.05) is 25.1 Å². The van der Waals surface area contributed by atoms with Gasteiger partial charge in [-0.05, 0) is 74.1 Å². The quantitative estimate of drug-likeness (QED) is 0.276. The van der Waals surface area contributed by atoms with E-state index < -0.39 is 74.7 Å². The normalized spacial score (nSPS) is 29.9. The predicted molar refractivity (Wildman–Crippen MR) is 184 cm³/mol. The first kappa shape index (κ1) is 36.4. The summed E-state index contributed by atoms with van der Waals surface area (Å²) in [6.45, 7) is 2.01. The Morgan fingerprint density at radius 3 is 2.63 bits per heavy atom. The van der Waals surface area contributed by atoms with Crippen molar-refractivity contribution in [2.24, 2.45) is 17.8 Å². The number of hydrogen-bond acceptors (Lipinski definition) is 10. The van der Waals surface area contributed by atoms with Gasteiger partial charge in [0, 0.05) is 36.9 Å². The number of ether oxygens (including phenoxy) is 3. The highest BCUT2D eigenvalue weighted by atomic mass is 32.2. The second kappa shape index (κ2) is 14.7. The molecule has 1 aromatic heterocycles. The first-order valence-electron chi connectivity index (χ1n) is 17.3. The highest BCUT2D eigenvalue weighted by Gasteiger charge is 2.62. The Kier molecular flexibility index (Phi) is 10.4. The van der Waals surface area contributed by atoms with Crippen LogP contribution in [0.3, 0.4) is 0 Å². The second-order valence-electron chi connectivity index (χ2n) is 14.1. The van der Waals surface area contributed by atoms with Gasteiger partial charge in [-0.2, -0.15) is 0 Å². The van der Waals surface area contributed by atoms with Gasteiger partial charge in [0.25, 0.3) is 5.91 Å². The molecule has 0 bridgehead atoms. The van der Waals surface area contributed by atoms with Gasteiger partial charge < -0.3 is 34.9 Å². The van der Waals surface area contributed by atoms with E-state index >= 15 is 0 Å². The van der Waals surface area contributed by atoms with Crippen molar-refractivity contribution in [3.05, 3.63) is 42.6 Å². The summed E-state index contributed by atoms with van der Waals surface area (Å²) in [5.74, 6) is -2.18. The summed E-state index contributed by atoms with van der Waals surface area (Å²) in [4.78, 5) is 60.3. The summed E-state index contributed by atoms with van der Waals surface area (Å²) < 4.78 is 44.9. The lowest BCUT2D eigenvalue weighted by molar-refractivity contribution is -0.142. The third-order valence-electron chi connectivity index (χ3n) is 10.3. The third kappa shape index (κ3) is 7.91. The van der Waals surface area contributed by atoms with E-state index in [2.05, 4.69) is 20.3 Å². The van der Waals surface area contributed by atoms with Gasteiger partial charge in [-0.25, -0.2) is 18.2 Å². The molecule has 15 nitrogen and oxygen atoms in total. The lowest BCUT2D eigenvalue weighted by Crippen LogP contribution is -2.59. The van der Waals surface area contributed by atoms with Gasteiger partial charge in [-0.15, -0.1) is 0 Å². The maximum absolute atomic E-state index is 14.5. The number of sulfonamides is 1. The molecule has 2 aromatic rings. The van der Waals surface area contributed by atoms with Gasteiger partial charge >= 0.3 is 6.09 Å². The van der Waals surface area contributed by atoms with Crippen molar-refractivity contribution in [1.29, 1.82) is 0 Å². The summed E-state index contributed by atoms with van der Waals surface area (Å²) in [6, 6.07) is 4.75. The standard InChI is InChI=1S/C35H45N5O10S/c1-20-6-4-5-7-23-17-35(23,33(43)39-51(46,47)26-9-10-26)38-30(41)28-16-25(50-31-27-11-8-24(49-3)15-21(27)12-13-36-31)18-40(28)32(42)29(37-34(44)45)22(14-20)19-48-2/h5,7-8,11-13,15,20,22-23,25-26,28-29,37H,4,6,9-10,14,16-19H2,1-3H3,(H,38,41)(H,39,43)(H,44,45)/t20-,22-,23+,25+,28-,29-,35+/m0/s1. The van der Waals surface area contributed by atoms with E-state index in [-0.39, 0.29) is 37.8 Å². The summed E-state index contributed by atoms with van der Waals surface area (Å²) in [5, 5.41) is 15.9. The van der Waals surface area contributed by atoms with Gasteiger partial charge in [0.2, 0.25) is 27.7 Å². The first-order chi connectivity index (χ1) is 24.3. The van der Waals surface area contributed by atoms with Crippen molar-refractivity contribution in [2.45, 2.75) is 80.8 Å². The minimum atomic E-state index is -3.91. The highest BCUT2D eigenvalue weighted by Crippen LogP contribution is 2.46. The van der Waals surface area contributed by atoms with E-state index in [1.54, 1.807) is 31.5 Å². The molecule has 51 heavy (non-hydrogen) atoms. The number of pyridine rings is 1. The molecule has 3 heterocycles. The number of rotatable bonds is 9. The molecule has 0 radical (unpaired) electrons. The van der Waals surface area contributed by atoms with Gasteiger partial charge in [0.05, 0.1) is 25.5 Å². The molecular formula is C35H45N5O10S. The largest absolute Gasteiger partial charge is 0.497 e. The number of allylic oxidation sites excluding steroid dienone is 1. The zero-order valence-electron chi connectivity index (χ0n) is 28.9. The molecule has 2 saturated carbocycles. The monoisotopic (exact) mass is 727 g/mol. The van der Waals surface area contributed by atoms with Crippen LogP contribution in [-0.4, -0.2) is 104 Å². The Morgan fingerprint density at radius 2 is 1.92 bits per heavy atom. The number of carbonyl (C=O) groups excluding carboxylic acids is 3. The number of nitrogens with zero attached hydrogens (tertiary/aromatic N) is 2. The summed E-state index contributed by atoms with van der Waals surface area (Å²) in [5.41, 5.74) is -1.54. The average Bonchev–Trinajstić information content (AvgIpc) is 4.02. The second-order valence-corrected chi connectivity index (χ2v) is 16.1. The molecule has 1 aromatic carbocycles. The Morgan fingerprint density at radius 1 is 1.14 bits per heavy atom. The van der Waals surface area contributed by atoms with Gasteiger partial charge in [-0.1, -0.05) is 19.1 Å². The lowest BCUT2D eigenvalue weighted by Gasteiger charge is -2.33. The van der Waals surface area contributed by atoms with Gasteiger partial charge in [0.1, 0.15) is 29.5 Å². The molecule has 0 unspecified atom stereocenters. The average molecular weight is 728 g/mol. The van der Waals surface area contributed by atoms with Crippen LogP contribution in [0.5, 0.6) is 11.6 Å². The highest BCUT2D eigenvalue weighted by molar-refractivity contribution is 7.91. The molecule has 16 heteroatoms. The van der Waals surface area contributed by atoms with Crippen LogP contribution >= 0.6 is 0 Å². The van der Waals surface area contributed by atoms with E-state index in [0.717, 1.165) is 5.39 Å². The van der Waals surface area contributed by atoms with Crippen molar-refractivity contribution < 1.29 is 46.9 Å². The van der Waals surface area contributed by atoms with Crippen LogP contribution in [0.4, 0.5) is 4.79 Å². The van der Waals surface area contributed by atoms with Crippen molar-refractivity contribution in [3.63, 3.8) is 0 Å². The molecule has 7 atom stereocenters. The third-order valence-corrected chi connectivity index (χ3v) is 12.1. The Hall–Kier alpha value is -4.44. The molecule has 4 N–H and O–H groups in total. The van der Waals surface area contributed by atoms with Crippen molar-refractivity contribution >= 4 is 44.6 Å². The van der Waals surface area contributed by atoms with Crippen LogP contribution in [0.1, 0.15) is 51.9 Å². The van der Waals surface area contributed by atoms with Crippen molar-refractivity contribution in [3.8, 4) is 11.6 Å². The van der Waals surface area contributed by atoms with E-state index in [1.165, 1.54) is 12.0 Å². The van der Waals surface area contributed by atoms with Crippen LogP contribution in [0.15, 0.2) is 42.6 Å². The Bertz CT molecular complexity index is 1820. The number of fused-ring (bicyclic) bond motifs is 3. The maximum atomic E-state index is 14.5. The Balaban J connectivity index is 1.35. The summed E-state index contributed by atoms with van der Waals surface area (Å²) in [6.07, 6.45) is 6.05. The van der Waals surface area contributed by atoms with Gasteiger partial charge in [-0.3, -0.25) is 19.1 Å². The molecule has 2 aliphatic carbocycles. The van der Waals surface area contributed by atoms with Gasteiger partial charge in [0.15, 0.2) is 0 Å². The molecule has 1 saturated heterocycles. The smallest absolute Gasteiger partial charge is 0.405 e. The SMILES string of the molecule is COC[C@@H]1C[C@@H](C)CCC=C[C@@H]2C[C@@]2(C(=O)NS(=O)(=O)C2CC2)NC(=O)[C@@H]2C[C@@H](Oc3nccc4cc(OC)ccc34)CN2C(=O)[C@H]1NC(=O)O. The minimum absolute atomic E-state index is 0.00445. The number of methoxy groups -OCH3 is 2. The number of carboxylic acid groups (broad SMARTS) is 1. The zero-order valence-corrected chi connectivity index (χ0v) is 29.7. The van der Waals surface area contributed by atoms with Crippen LogP contribution in [-0.2, 0) is 29.1 Å².